The molecule has 1 N–H and O–H groups in total. The quantitative estimate of drug-likeness (QED) is 0.810. The zero-order valence-corrected chi connectivity index (χ0v) is 15.7. The van der Waals surface area contributed by atoms with E-state index in [1.54, 1.807) is 28.6 Å². The average molecular weight is 375 g/mol. The maximum Gasteiger partial charge on any atom is 0.238 e. The van der Waals surface area contributed by atoms with Crippen molar-refractivity contribution in [3.63, 3.8) is 0 Å². The Morgan fingerprint density at radius 2 is 1.92 bits per heavy atom. The summed E-state index contributed by atoms with van der Waals surface area (Å²) in [4.78, 5) is 14.4. The molecule has 0 saturated carbocycles. The fourth-order valence-electron chi connectivity index (χ4n) is 3.71. The second-order valence-electron chi connectivity index (χ2n) is 6.91. The fourth-order valence-corrected chi connectivity index (χ4v) is 5.51. The predicted molar refractivity (Wildman–Crippen MR) is 102 cm³/mol. The Balaban J connectivity index is 1.51. The molecular formula is C19H25N3O3S. The molecule has 2 fully saturated rings. The smallest absolute Gasteiger partial charge is 0.238 e. The topological polar surface area (TPSA) is 69.7 Å². The molecule has 0 aromatic heterocycles. The van der Waals surface area contributed by atoms with Crippen molar-refractivity contribution in [2.24, 2.45) is 0 Å². The molecule has 7 heteroatoms. The summed E-state index contributed by atoms with van der Waals surface area (Å²) in [7, 11) is -3.07. The third-order valence-electron chi connectivity index (χ3n) is 5.04. The molecule has 1 aromatic carbocycles. The van der Waals surface area contributed by atoms with Gasteiger partial charge >= 0.3 is 0 Å². The number of sulfonamides is 1. The fraction of sp³-hybridized carbons (Fsp3) is 0.526. The number of terminal acetylenes is 1. The van der Waals surface area contributed by atoms with E-state index in [-0.39, 0.29) is 17.7 Å². The summed E-state index contributed by atoms with van der Waals surface area (Å²) in [6.45, 7) is 2.51. The number of nitrogens with one attached hydrogen (secondary N) is 1. The number of hydrogen-bond donors (Lipinski definition) is 1. The normalized spacial score (nSPS) is 23.9. The number of amides is 1. The van der Waals surface area contributed by atoms with Gasteiger partial charge < -0.3 is 5.32 Å². The van der Waals surface area contributed by atoms with E-state index in [1.165, 1.54) is 0 Å². The van der Waals surface area contributed by atoms with Crippen LogP contribution in [-0.4, -0.2) is 61.5 Å². The van der Waals surface area contributed by atoms with Gasteiger partial charge in [-0.05, 0) is 56.5 Å². The molecule has 1 unspecified atom stereocenters. The van der Waals surface area contributed by atoms with Crippen molar-refractivity contribution in [1.29, 1.82) is 0 Å². The number of carbonyl (C=O) groups excluding carboxylic acids is 1. The van der Waals surface area contributed by atoms with E-state index in [4.69, 9.17) is 6.42 Å². The van der Waals surface area contributed by atoms with Crippen molar-refractivity contribution in [3.05, 3.63) is 29.8 Å². The lowest BCUT2D eigenvalue weighted by molar-refractivity contribution is -0.117. The van der Waals surface area contributed by atoms with Gasteiger partial charge in [0.1, 0.15) is 0 Å². The zero-order valence-electron chi connectivity index (χ0n) is 14.9. The lowest BCUT2D eigenvalue weighted by Gasteiger charge is -2.25. The number of benzene rings is 1. The largest absolute Gasteiger partial charge is 0.325 e. The SMILES string of the molecule is C#Cc1ccc(NC(=O)CN2CCCC(N3CCCS3(=O)=O)CC2)cc1. The van der Waals surface area contributed by atoms with Crippen LogP contribution in [0.2, 0.25) is 0 Å². The number of rotatable bonds is 4. The van der Waals surface area contributed by atoms with Gasteiger partial charge in [0, 0.05) is 30.4 Å². The van der Waals surface area contributed by atoms with Crippen LogP contribution in [0.15, 0.2) is 24.3 Å². The number of anilines is 1. The van der Waals surface area contributed by atoms with E-state index in [1.807, 2.05) is 0 Å². The van der Waals surface area contributed by atoms with Gasteiger partial charge in [-0.2, -0.15) is 4.31 Å². The van der Waals surface area contributed by atoms with Gasteiger partial charge in [-0.3, -0.25) is 9.69 Å². The molecule has 0 spiro atoms. The molecule has 3 rings (SSSR count). The van der Waals surface area contributed by atoms with E-state index in [0.717, 1.165) is 50.0 Å². The first-order valence-electron chi connectivity index (χ1n) is 9.06. The Kier molecular flexibility index (Phi) is 5.97. The average Bonchev–Trinajstić information content (AvgIpc) is 2.82. The number of carbonyl (C=O) groups is 1. The van der Waals surface area contributed by atoms with Crippen LogP contribution in [0.25, 0.3) is 0 Å². The molecule has 0 aliphatic carbocycles. The summed E-state index contributed by atoms with van der Waals surface area (Å²) in [6, 6.07) is 7.26. The number of nitrogens with zero attached hydrogens (tertiary/aromatic N) is 2. The van der Waals surface area contributed by atoms with E-state index in [9.17, 15) is 13.2 Å². The van der Waals surface area contributed by atoms with Gasteiger partial charge in [0.15, 0.2) is 0 Å². The summed E-state index contributed by atoms with van der Waals surface area (Å²) in [5, 5.41) is 2.88. The first kappa shape index (κ1) is 18.9. The number of likely N-dealkylation sites (tertiary alicyclic amines) is 1. The molecule has 26 heavy (non-hydrogen) atoms. The Labute approximate surface area is 155 Å². The predicted octanol–water partition coefficient (Wildman–Crippen LogP) is 1.50. The summed E-state index contributed by atoms with van der Waals surface area (Å²) in [6.07, 6.45) is 8.60. The summed E-state index contributed by atoms with van der Waals surface area (Å²) in [5.41, 5.74) is 1.50. The molecule has 2 heterocycles. The third-order valence-corrected chi connectivity index (χ3v) is 7.04. The van der Waals surface area contributed by atoms with Crippen molar-refractivity contribution in [2.75, 3.05) is 37.2 Å². The molecule has 0 radical (unpaired) electrons. The molecule has 0 bridgehead atoms. The highest BCUT2D eigenvalue weighted by atomic mass is 32.2. The highest BCUT2D eigenvalue weighted by molar-refractivity contribution is 7.89. The van der Waals surface area contributed by atoms with Crippen molar-refractivity contribution >= 4 is 21.6 Å². The van der Waals surface area contributed by atoms with Gasteiger partial charge in [0.2, 0.25) is 15.9 Å². The second kappa shape index (κ2) is 8.21. The van der Waals surface area contributed by atoms with Gasteiger partial charge in [-0.25, -0.2) is 8.42 Å². The van der Waals surface area contributed by atoms with Crippen LogP contribution in [0.1, 0.15) is 31.2 Å². The molecule has 1 atom stereocenters. The summed E-state index contributed by atoms with van der Waals surface area (Å²) < 4.78 is 25.9. The minimum absolute atomic E-state index is 0.0642. The van der Waals surface area contributed by atoms with Crippen LogP contribution < -0.4 is 5.32 Å². The van der Waals surface area contributed by atoms with Crippen LogP contribution in [0.5, 0.6) is 0 Å². The van der Waals surface area contributed by atoms with Crippen molar-refractivity contribution in [3.8, 4) is 12.3 Å². The summed E-state index contributed by atoms with van der Waals surface area (Å²) in [5.74, 6) is 2.75. The van der Waals surface area contributed by atoms with Crippen LogP contribution in [0.3, 0.4) is 0 Å². The lowest BCUT2D eigenvalue weighted by atomic mass is 10.1. The van der Waals surface area contributed by atoms with Gasteiger partial charge in [0.05, 0.1) is 12.3 Å². The van der Waals surface area contributed by atoms with Gasteiger partial charge in [-0.15, -0.1) is 6.42 Å². The van der Waals surface area contributed by atoms with E-state index in [2.05, 4.69) is 16.1 Å². The van der Waals surface area contributed by atoms with Crippen LogP contribution in [0, 0.1) is 12.3 Å². The standard InChI is InChI=1S/C19H25N3O3S/c1-2-16-6-8-17(9-7-16)20-19(23)15-21-11-3-5-18(10-13-21)22-12-4-14-26(22,24)25/h1,6-9,18H,3-5,10-15H2,(H,20,23). The highest BCUT2D eigenvalue weighted by Crippen LogP contribution is 2.24. The first-order valence-corrected chi connectivity index (χ1v) is 10.7. The first-order chi connectivity index (χ1) is 12.5. The molecule has 1 aromatic rings. The molecule has 140 valence electrons. The van der Waals surface area contributed by atoms with E-state index in [0.29, 0.717) is 13.1 Å². The van der Waals surface area contributed by atoms with E-state index >= 15 is 0 Å². The molecule has 2 aliphatic rings. The zero-order chi connectivity index (χ0) is 18.6. The van der Waals surface area contributed by atoms with E-state index < -0.39 is 10.0 Å². The molecule has 2 aliphatic heterocycles. The minimum atomic E-state index is -3.07. The van der Waals surface area contributed by atoms with Crippen molar-refractivity contribution in [1.82, 2.24) is 9.21 Å². The maximum absolute atomic E-state index is 12.3. The summed E-state index contributed by atoms with van der Waals surface area (Å²) >= 11 is 0. The highest BCUT2D eigenvalue weighted by Gasteiger charge is 2.35. The Morgan fingerprint density at radius 3 is 2.58 bits per heavy atom. The monoisotopic (exact) mass is 375 g/mol. The lowest BCUT2D eigenvalue weighted by Crippen LogP contribution is -2.38. The minimum Gasteiger partial charge on any atom is -0.325 e. The Bertz CT molecular complexity index is 783. The second-order valence-corrected chi connectivity index (χ2v) is 8.95. The molecular weight excluding hydrogens is 350 g/mol. The van der Waals surface area contributed by atoms with Crippen molar-refractivity contribution < 1.29 is 13.2 Å². The van der Waals surface area contributed by atoms with Crippen LogP contribution in [0.4, 0.5) is 5.69 Å². The maximum atomic E-state index is 12.3. The molecule has 1 amide bonds. The third kappa shape index (κ3) is 4.64. The van der Waals surface area contributed by atoms with Crippen LogP contribution >= 0.6 is 0 Å². The van der Waals surface area contributed by atoms with Crippen molar-refractivity contribution in [2.45, 2.75) is 31.7 Å². The number of hydrogen-bond acceptors (Lipinski definition) is 4. The molecule has 6 nitrogen and oxygen atoms in total. The Morgan fingerprint density at radius 1 is 1.15 bits per heavy atom. The van der Waals surface area contributed by atoms with Crippen LogP contribution in [-0.2, 0) is 14.8 Å². The van der Waals surface area contributed by atoms with Gasteiger partial charge in [0.25, 0.3) is 0 Å². The molecule has 2 saturated heterocycles. The van der Waals surface area contributed by atoms with Gasteiger partial charge in [-0.1, -0.05) is 5.92 Å². The Hall–Kier alpha value is -1.88.